The Hall–Kier alpha value is 0.480. The van der Waals surface area contributed by atoms with Crippen LogP contribution in [0.4, 0.5) is 0 Å². The van der Waals surface area contributed by atoms with E-state index >= 15 is 0 Å². The van der Waals surface area contributed by atoms with Crippen molar-refractivity contribution in [3.05, 3.63) is 0 Å². The molecular weight excluding hydrogens is 188 g/mol. The molecule has 0 N–H and O–H groups in total. The van der Waals surface area contributed by atoms with Gasteiger partial charge in [-0.15, -0.1) is 0 Å². The van der Waals surface area contributed by atoms with E-state index in [0.29, 0.717) is 5.41 Å². The lowest BCUT2D eigenvalue weighted by Gasteiger charge is -2.24. The molecule has 0 saturated heterocycles. The molecule has 0 aromatic heterocycles. The summed E-state index contributed by atoms with van der Waals surface area (Å²) in [6.45, 7) is 4.88. The van der Waals surface area contributed by atoms with E-state index in [0.717, 1.165) is 16.7 Å². The smallest absolute Gasteiger partial charge is 0.0182 e. The van der Waals surface area contributed by atoms with Gasteiger partial charge < -0.3 is 0 Å². The van der Waals surface area contributed by atoms with Crippen molar-refractivity contribution in [2.24, 2.45) is 17.3 Å². The molecule has 2 fully saturated rings. The highest BCUT2D eigenvalue weighted by molar-refractivity contribution is 9.09. The van der Waals surface area contributed by atoms with Gasteiger partial charge in [-0.25, -0.2) is 0 Å². The minimum absolute atomic E-state index is 0.647. The monoisotopic (exact) mass is 202 g/mol. The Bertz CT molecular complexity index is 151. The Kier molecular flexibility index (Phi) is 1.43. The van der Waals surface area contributed by atoms with Crippen molar-refractivity contribution >= 4 is 15.9 Å². The van der Waals surface area contributed by atoms with Crippen LogP contribution in [0.25, 0.3) is 0 Å². The molecule has 0 aromatic rings. The van der Waals surface area contributed by atoms with E-state index in [1.54, 1.807) is 0 Å². The molecule has 0 radical (unpaired) electrons. The molecule has 1 heteroatoms. The average molecular weight is 203 g/mol. The lowest BCUT2D eigenvalue weighted by atomic mass is 9.82. The van der Waals surface area contributed by atoms with Crippen LogP contribution < -0.4 is 0 Å². The second kappa shape index (κ2) is 2.00. The minimum atomic E-state index is 0.647. The van der Waals surface area contributed by atoms with Crippen molar-refractivity contribution in [1.82, 2.24) is 0 Å². The summed E-state index contributed by atoms with van der Waals surface area (Å²) in [6, 6.07) is 0. The number of rotatable bonds is 0. The van der Waals surface area contributed by atoms with E-state index in [1.165, 1.54) is 19.3 Å². The molecule has 10 heavy (non-hydrogen) atoms. The van der Waals surface area contributed by atoms with Crippen LogP contribution in [-0.4, -0.2) is 4.83 Å². The normalized spacial score (nSPS) is 50.1. The molecular formula is C9H15Br. The van der Waals surface area contributed by atoms with Crippen LogP contribution in [0.15, 0.2) is 0 Å². The predicted molar refractivity (Wildman–Crippen MR) is 47.3 cm³/mol. The zero-order valence-corrected chi connectivity index (χ0v) is 8.32. The number of alkyl halides is 1. The van der Waals surface area contributed by atoms with Crippen molar-refractivity contribution in [2.75, 3.05) is 0 Å². The van der Waals surface area contributed by atoms with Crippen LogP contribution in [-0.2, 0) is 0 Å². The lowest BCUT2D eigenvalue weighted by Crippen LogP contribution is -2.19. The molecule has 0 unspecified atom stereocenters. The molecule has 3 atom stereocenters. The highest BCUT2D eigenvalue weighted by Gasteiger charge is 2.52. The molecule has 2 bridgehead atoms. The fraction of sp³-hybridized carbons (Fsp3) is 1.00. The highest BCUT2D eigenvalue weighted by Crippen LogP contribution is 2.59. The van der Waals surface area contributed by atoms with Crippen LogP contribution in [0, 0.1) is 17.3 Å². The second-order valence-corrected chi connectivity index (χ2v) is 5.63. The molecule has 2 rings (SSSR count). The van der Waals surface area contributed by atoms with Gasteiger partial charge >= 0.3 is 0 Å². The lowest BCUT2D eigenvalue weighted by molar-refractivity contribution is 0.261. The first-order valence-corrected chi connectivity index (χ1v) is 5.18. The first-order chi connectivity index (χ1) is 4.62. The van der Waals surface area contributed by atoms with Gasteiger partial charge in [-0.3, -0.25) is 0 Å². The molecule has 0 amide bonds. The van der Waals surface area contributed by atoms with Crippen molar-refractivity contribution in [2.45, 2.75) is 37.9 Å². The Morgan fingerprint density at radius 1 is 1.30 bits per heavy atom. The summed E-state index contributed by atoms with van der Waals surface area (Å²) >= 11 is 3.77. The topological polar surface area (TPSA) is 0 Å². The van der Waals surface area contributed by atoms with Gasteiger partial charge in [0.2, 0.25) is 0 Å². The zero-order chi connectivity index (χ0) is 7.35. The Morgan fingerprint density at radius 3 is 2.20 bits per heavy atom. The molecule has 2 saturated carbocycles. The summed E-state index contributed by atoms with van der Waals surface area (Å²) in [4.78, 5) is 0.834. The van der Waals surface area contributed by atoms with Crippen LogP contribution >= 0.6 is 15.9 Å². The maximum absolute atomic E-state index is 3.77. The maximum Gasteiger partial charge on any atom is 0.0182 e. The van der Waals surface area contributed by atoms with Crippen molar-refractivity contribution < 1.29 is 0 Å². The number of fused-ring (bicyclic) bond motifs is 2. The van der Waals surface area contributed by atoms with Crippen LogP contribution in [0.1, 0.15) is 33.1 Å². The van der Waals surface area contributed by atoms with Crippen molar-refractivity contribution in [1.29, 1.82) is 0 Å². The summed E-state index contributed by atoms with van der Waals surface area (Å²) in [5.41, 5.74) is 0.647. The quantitative estimate of drug-likeness (QED) is 0.530. The van der Waals surface area contributed by atoms with E-state index in [1.807, 2.05) is 0 Å². The molecule has 0 aromatic carbocycles. The van der Waals surface area contributed by atoms with Gasteiger partial charge in [0, 0.05) is 4.83 Å². The fourth-order valence-corrected chi connectivity index (χ4v) is 4.33. The SMILES string of the molecule is CC1(C)[C@H]2CC[C@@H]1[C@@H](Br)C2. The minimum Gasteiger partial charge on any atom is -0.0887 e. The van der Waals surface area contributed by atoms with E-state index in [4.69, 9.17) is 0 Å². The third-order valence-corrected chi connectivity index (χ3v) is 4.79. The van der Waals surface area contributed by atoms with Crippen LogP contribution in [0.3, 0.4) is 0 Å². The van der Waals surface area contributed by atoms with Crippen molar-refractivity contribution in [3.8, 4) is 0 Å². The molecule has 58 valence electrons. The third-order valence-electron chi connectivity index (χ3n) is 3.78. The van der Waals surface area contributed by atoms with Crippen molar-refractivity contribution in [3.63, 3.8) is 0 Å². The Balaban J connectivity index is 2.27. The predicted octanol–water partition coefficient (Wildman–Crippen LogP) is 3.21. The second-order valence-electron chi connectivity index (χ2n) is 4.45. The van der Waals surface area contributed by atoms with E-state index in [-0.39, 0.29) is 0 Å². The average Bonchev–Trinajstić information content (AvgIpc) is 2.20. The standard InChI is InChI=1S/C9H15Br/c1-9(2)6-3-4-7(9)8(10)5-6/h6-8H,3-5H2,1-2H3/t6-,7+,8-/m0/s1. The Labute approximate surface area is 71.5 Å². The van der Waals surface area contributed by atoms with Gasteiger partial charge in [0.15, 0.2) is 0 Å². The number of hydrogen-bond acceptors (Lipinski definition) is 0. The first-order valence-electron chi connectivity index (χ1n) is 4.26. The van der Waals surface area contributed by atoms with E-state index < -0.39 is 0 Å². The van der Waals surface area contributed by atoms with Gasteiger partial charge in [0.1, 0.15) is 0 Å². The van der Waals surface area contributed by atoms with Crippen LogP contribution in [0.5, 0.6) is 0 Å². The van der Waals surface area contributed by atoms with E-state index in [9.17, 15) is 0 Å². The molecule has 0 spiro atoms. The largest absolute Gasteiger partial charge is 0.0887 e. The molecule has 0 nitrogen and oxygen atoms in total. The van der Waals surface area contributed by atoms with Gasteiger partial charge in [0.05, 0.1) is 0 Å². The van der Waals surface area contributed by atoms with Gasteiger partial charge in [-0.1, -0.05) is 29.8 Å². The summed E-state index contributed by atoms with van der Waals surface area (Å²) in [5, 5.41) is 0. The van der Waals surface area contributed by atoms with Gasteiger partial charge in [-0.2, -0.15) is 0 Å². The van der Waals surface area contributed by atoms with Gasteiger partial charge in [0.25, 0.3) is 0 Å². The summed E-state index contributed by atoms with van der Waals surface area (Å²) in [7, 11) is 0. The first kappa shape index (κ1) is 7.15. The molecule has 2 aliphatic carbocycles. The third kappa shape index (κ3) is 0.731. The summed E-state index contributed by atoms with van der Waals surface area (Å²) in [5.74, 6) is 1.99. The maximum atomic E-state index is 3.77. The van der Waals surface area contributed by atoms with Crippen LogP contribution in [0.2, 0.25) is 0 Å². The van der Waals surface area contributed by atoms with Gasteiger partial charge in [-0.05, 0) is 36.5 Å². The summed E-state index contributed by atoms with van der Waals surface area (Å²) in [6.07, 6.45) is 4.38. The van der Waals surface area contributed by atoms with E-state index in [2.05, 4.69) is 29.8 Å². The molecule has 0 heterocycles. The number of hydrogen-bond donors (Lipinski definition) is 0. The molecule has 0 aliphatic heterocycles. The molecule has 2 aliphatic rings. The Morgan fingerprint density at radius 2 is 2.00 bits per heavy atom. The number of halogens is 1. The highest BCUT2D eigenvalue weighted by atomic mass is 79.9. The fourth-order valence-electron chi connectivity index (χ4n) is 2.93. The zero-order valence-electron chi connectivity index (χ0n) is 6.73. The summed E-state index contributed by atoms with van der Waals surface area (Å²) < 4.78 is 0.